The molecule has 11 heteroatoms. The highest BCUT2D eigenvalue weighted by atomic mass is 35.5. The lowest BCUT2D eigenvalue weighted by Gasteiger charge is -2.11. The Labute approximate surface area is 193 Å². The molecule has 0 aromatic carbocycles. The number of carbonyl (C=O) groups excluding carboxylic acids is 2. The lowest BCUT2D eigenvalue weighted by molar-refractivity contribution is 0.0477. The van der Waals surface area contributed by atoms with Gasteiger partial charge in [-0.25, -0.2) is 22.9 Å². The Hall–Kier alpha value is -2.30. The summed E-state index contributed by atoms with van der Waals surface area (Å²) in [6.07, 6.45) is 2.43. The fourth-order valence-electron chi connectivity index (χ4n) is 4.05. The van der Waals surface area contributed by atoms with E-state index in [0.717, 1.165) is 29.9 Å². The molecule has 2 aliphatic rings. The van der Waals surface area contributed by atoms with Gasteiger partial charge in [-0.1, -0.05) is 11.6 Å². The Kier molecular flexibility index (Phi) is 5.34. The van der Waals surface area contributed by atoms with Gasteiger partial charge in [-0.15, -0.1) is 11.3 Å². The molecule has 0 radical (unpaired) electrons. The molecule has 1 aliphatic heterocycles. The lowest BCUT2D eigenvalue weighted by atomic mass is 10.1. The fourth-order valence-corrected chi connectivity index (χ4v) is 6.71. The number of ether oxygens (including phenoxy) is 1. The first kappa shape index (κ1) is 21.5. The summed E-state index contributed by atoms with van der Waals surface area (Å²) in [4.78, 5) is 30.5. The summed E-state index contributed by atoms with van der Waals surface area (Å²) in [6.45, 7) is 1.36. The van der Waals surface area contributed by atoms with Gasteiger partial charge < -0.3 is 4.74 Å². The molecule has 1 saturated heterocycles. The number of ketones is 1. The molecule has 32 heavy (non-hydrogen) atoms. The van der Waals surface area contributed by atoms with E-state index in [9.17, 15) is 18.0 Å². The largest absolute Gasteiger partial charge is 0.454 e. The number of esters is 1. The van der Waals surface area contributed by atoms with Gasteiger partial charge in [0.15, 0.2) is 22.1 Å². The zero-order chi connectivity index (χ0) is 22.6. The fraction of sp³-hybridized carbons (Fsp3) is 0.429. The molecule has 0 amide bonds. The number of Topliss-reactive ketones (excluding diaryl/α,β-unsaturated/α-hetero) is 1. The van der Waals surface area contributed by atoms with Crippen molar-refractivity contribution in [3.8, 4) is 0 Å². The third kappa shape index (κ3) is 4.06. The average Bonchev–Trinajstić information content (AvgIpc) is 3.29. The summed E-state index contributed by atoms with van der Waals surface area (Å²) in [5.41, 5.74) is 2.14. The number of aryl methyl sites for hydroxylation is 1. The number of hydrogen-bond donors (Lipinski definition) is 0. The van der Waals surface area contributed by atoms with Gasteiger partial charge in [0.25, 0.3) is 0 Å². The Balaban J connectivity index is 1.49. The molecule has 0 spiro atoms. The number of aromatic nitrogens is 3. The number of carbonyl (C=O) groups is 2. The summed E-state index contributed by atoms with van der Waals surface area (Å²) >= 11 is 7.01. The first-order chi connectivity index (χ1) is 15.2. The highest BCUT2D eigenvalue weighted by Crippen LogP contribution is 2.41. The monoisotopic (exact) mass is 493 g/mol. The van der Waals surface area contributed by atoms with Crippen LogP contribution in [0.1, 0.15) is 62.6 Å². The zero-order valence-corrected chi connectivity index (χ0v) is 19.6. The first-order valence-corrected chi connectivity index (χ1v) is 13.3. The van der Waals surface area contributed by atoms with Gasteiger partial charge in [0.1, 0.15) is 0 Å². The molecular formula is C21H20ClN3O5S2. The molecule has 1 unspecified atom stereocenters. The van der Waals surface area contributed by atoms with Crippen molar-refractivity contribution in [1.82, 2.24) is 14.8 Å². The van der Waals surface area contributed by atoms with Crippen molar-refractivity contribution in [1.29, 1.82) is 0 Å². The van der Waals surface area contributed by atoms with E-state index in [1.54, 1.807) is 29.8 Å². The predicted octanol–water partition coefficient (Wildman–Crippen LogP) is 3.73. The van der Waals surface area contributed by atoms with Crippen molar-refractivity contribution in [3.63, 3.8) is 0 Å². The minimum Gasteiger partial charge on any atom is -0.454 e. The standard InChI is InChI=1S/C21H20ClN3O5S2/c1-11-19-14(21(27)30-9-16(26)17-4-5-18(22)31-17)8-15(12-2-3-12)23-20(19)25(24-11)13-6-7-32(28,29)10-13/h4-5,8,12-13H,2-3,6-7,9-10H2,1H3. The third-order valence-electron chi connectivity index (χ3n) is 5.81. The average molecular weight is 494 g/mol. The summed E-state index contributed by atoms with van der Waals surface area (Å²) in [5.74, 6) is -0.569. The molecule has 1 aliphatic carbocycles. The van der Waals surface area contributed by atoms with E-state index in [1.807, 2.05) is 0 Å². The van der Waals surface area contributed by atoms with Crippen molar-refractivity contribution >= 4 is 55.6 Å². The van der Waals surface area contributed by atoms with Gasteiger partial charge in [-0.3, -0.25) is 4.79 Å². The molecule has 0 N–H and O–H groups in total. The number of fused-ring (bicyclic) bond motifs is 1. The van der Waals surface area contributed by atoms with Crippen LogP contribution in [0.3, 0.4) is 0 Å². The van der Waals surface area contributed by atoms with Crippen LogP contribution < -0.4 is 0 Å². The van der Waals surface area contributed by atoms with Gasteiger partial charge >= 0.3 is 5.97 Å². The molecule has 3 aromatic rings. The van der Waals surface area contributed by atoms with Gasteiger partial charge in [0.2, 0.25) is 5.78 Å². The van der Waals surface area contributed by atoms with Crippen molar-refractivity contribution in [2.24, 2.45) is 0 Å². The number of rotatable bonds is 6. The van der Waals surface area contributed by atoms with Crippen molar-refractivity contribution < 1.29 is 22.7 Å². The summed E-state index contributed by atoms with van der Waals surface area (Å²) in [7, 11) is -3.11. The van der Waals surface area contributed by atoms with E-state index in [0.29, 0.717) is 37.9 Å². The van der Waals surface area contributed by atoms with Gasteiger partial charge in [-0.2, -0.15) is 5.10 Å². The molecule has 1 atom stereocenters. The molecule has 2 fully saturated rings. The van der Waals surface area contributed by atoms with Gasteiger partial charge in [-0.05, 0) is 44.4 Å². The molecular weight excluding hydrogens is 474 g/mol. The molecule has 4 heterocycles. The van der Waals surface area contributed by atoms with Crippen LogP contribution in [-0.2, 0) is 14.6 Å². The van der Waals surface area contributed by atoms with E-state index < -0.39 is 22.4 Å². The second-order valence-electron chi connectivity index (χ2n) is 8.26. The maximum atomic E-state index is 13.0. The van der Waals surface area contributed by atoms with E-state index in [-0.39, 0.29) is 29.2 Å². The van der Waals surface area contributed by atoms with Crippen molar-refractivity contribution in [2.75, 3.05) is 18.1 Å². The van der Waals surface area contributed by atoms with Gasteiger partial charge in [0.05, 0.1) is 43.4 Å². The van der Waals surface area contributed by atoms with Crippen LogP contribution >= 0.6 is 22.9 Å². The van der Waals surface area contributed by atoms with Crippen LogP contribution in [0, 0.1) is 6.92 Å². The lowest BCUT2D eigenvalue weighted by Crippen LogP contribution is -2.15. The van der Waals surface area contributed by atoms with Crippen molar-refractivity contribution in [3.05, 3.63) is 44.4 Å². The van der Waals surface area contributed by atoms with Crippen LogP contribution in [0.5, 0.6) is 0 Å². The quantitative estimate of drug-likeness (QED) is 0.380. The molecule has 1 saturated carbocycles. The maximum Gasteiger partial charge on any atom is 0.339 e. The minimum atomic E-state index is -3.11. The molecule has 3 aromatic heterocycles. The number of halogens is 1. The summed E-state index contributed by atoms with van der Waals surface area (Å²) < 4.78 is 31.5. The van der Waals surface area contributed by atoms with Crippen LogP contribution in [0.25, 0.3) is 11.0 Å². The topological polar surface area (TPSA) is 108 Å². The zero-order valence-electron chi connectivity index (χ0n) is 17.2. The highest BCUT2D eigenvalue weighted by molar-refractivity contribution is 7.91. The predicted molar refractivity (Wildman–Crippen MR) is 120 cm³/mol. The number of nitrogens with zero attached hydrogens (tertiary/aromatic N) is 3. The van der Waals surface area contributed by atoms with E-state index >= 15 is 0 Å². The number of sulfone groups is 1. The van der Waals surface area contributed by atoms with Crippen molar-refractivity contribution in [2.45, 2.75) is 38.1 Å². The normalized spacial score (nSPS) is 20.0. The number of pyridine rings is 1. The van der Waals surface area contributed by atoms with E-state index in [2.05, 4.69) is 5.10 Å². The SMILES string of the molecule is Cc1nn(C2CCS(=O)(=O)C2)c2nc(C3CC3)cc(C(=O)OCC(=O)c3ccc(Cl)s3)c12. The third-order valence-corrected chi connectivity index (χ3v) is 8.83. The maximum absolute atomic E-state index is 13.0. The Morgan fingerprint density at radius 2 is 2.06 bits per heavy atom. The summed E-state index contributed by atoms with van der Waals surface area (Å²) in [6, 6.07) is 4.63. The number of thiophene rings is 1. The van der Waals surface area contributed by atoms with Crippen LogP contribution in [0.15, 0.2) is 18.2 Å². The Morgan fingerprint density at radius 3 is 2.69 bits per heavy atom. The second kappa shape index (κ2) is 7.93. The Morgan fingerprint density at radius 1 is 1.28 bits per heavy atom. The second-order valence-corrected chi connectivity index (χ2v) is 12.2. The molecule has 168 valence electrons. The van der Waals surface area contributed by atoms with E-state index in [4.69, 9.17) is 21.3 Å². The highest BCUT2D eigenvalue weighted by Gasteiger charge is 2.34. The smallest absolute Gasteiger partial charge is 0.339 e. The molecule has 0 bridgehead atoms. The number of hydrogen-bond acceptors (Lipinski definition) is 8. The van der Waals surface area contributed by atoms with Crippen LogP contribution in [0.2, 0.25) is 4.34 Å². The molecule has 8 nitrogen and oxygen atoms in total. The summed E-state index contributed by atoms with van der Waals surface area (Å²) in [5, 5.41) is 5.09. The van der Waals surface area contributed by atoms with Crippen LogP contribution in [0.4, 0.5) is 0 Å². The van der Waals surface area contributed by atoms with E-state index in [1.165, 1.54) is 0 Å². The minimum absolute atomic E-state index is 0.0101. The first-order valence-electron chi connectivity index (χ1n) is 10.3. The Bertz CT molecular complexity index is 1360. The van der Waals surface area contributed by atoms with Gasteiger partial charge in [0, 0.05) is 11.6 Å². The van der Waals surface area contributed by atoms with Crippen LogP contribution in [-0.4, -0.2) is 53.0 Å². The molecule has 5 rings (SSSR count).